The molecule has 0 unspecified atom stereocenters. The molecule has 8 nitrogen and oxygen atoms in total. The average Bonchev–Trinajstić information content (AvgIpc) is 3.49. The number of phenols is 1. The van der Waals surface area contributed by atoms with Crippen molar-refractivity contribution in [3.8, 4) is 11.5 Å². The summed E-state index contributed by atoms with van der Waals surface area (Å²) in [4.78, 5) is 15.6. The Kier molecular flexibility index (Phi) is 14.5. The van der Waals surface area contributed by atoms with E-state index in [1.165, 1.54) is 12.8 Å². The maximum absolute atomic E-state index is 13.7. The Labute approximate surface area is 369 Å². The number of carbonyl (C=O) groups is 1. The summed E-state index contributed by atoms with van der Waals surface area (Å²) in [5.74, 6) is 0.890. The predicted octanol–water partition coefficient (Wildman–Crippen LogP) is 15.6. The minimum atomic E-state index is 0.0204. The first-order valence-electron chi connectivity index (χ1n) is 19.5. The summed E-state index contributed by atoms with van der Waals surface area (Å²) in [6.07, 6.45) is 10.6. The van der Waals surface area contributed by atoms with E-state index in [-0.39, 0.29) is 11.7 Å². The van der Waals surface area contributed by atoms with E-state index in [4.69, 9.17) is 4.74 Å². The van der Waals surface area contributed by atoms with Crippen molar-refractivity contribution in [2.24, 2.45) is 20.5 Å². The van der Waals surface area contributed by atoms with E-state index in [2.05, 4.69) is 111 Å². The lowest BCUT2D eigenvalue weighted by molar-refractivity contribution is -0.113. The van der Waals surface area contributed by atoms with Gasteiger partial charge in [0.2, 0.25) is 0 Å². The number of hydrogen-bond donors (Lipinski definition) is 1. The number of amides is 1. The summed E-state index contributed by atoms with van der Waals surface area (Å²) >= 11 is 9.11. The van der Waals surface area contributed by atoms with Gasteiger partial charge in [-0.25, -0.2) is 0 Å². The van der Waals surface area contributed by atoms with Gasteiger partial charge in [0, 0.05) is 26.6 Å². The molecule has 0 saturated carbocycles. The average molecular weight is 1010 g/mol. The van der Waals surface area contributed by atoms with E-state index >= 15 is 0 Å². The number of unbranched alkanes of at least 4 members (excludes halogenated alkanes) is 7. The molecule has 0 aromatic heterocycles. The number of fused-ring (bicyclic) bond motifs is 2. The Bertz CT molecular complexity index is 2450. The van der Waals surface area contributed by atoms with E-state index in [1.807, 2.05) is 95.9 Å². The molecular formula is C47H42Br2IN5O3. The third-order valence-corrected chi connectivity index (χ3v) is 11.8. The van der Waals surface area contributed by atoms with Gasteiger partial charge in [-0.3, -0.25) is 4.79 Å². The molecule has 1 heterocycles. The molecular weight excluding hydrogens is 969 g/mol. The van der Waals surface area contributed by atoms with Crippen LogP contribution in [0, 0.1) is 3.57 Å². The molecule has 0 saturated heterocycles. The van der Waals surface area contributed by atoms with Crippen molar-refractivity contribution in [3.63, 3.8) is 0 Å². The molecule has 1 amide bonds. The first-order valence-corrected chi connectivity index (χ1v) is 22.2. The fourth-order valence-electron chi connectivity index (χ4n) is 6.90. The predicted molar refractivity (Wildman–Crippen MR) is 251 cm³/mol. The lowest BCUT2D eigenvalue weighted by Crippen LogP contribution is -2.27. The minimum Gasteiger partial charge on any atom is -0.506 e. The molecule has 0 atom stereocenters. The Hall–Kier alpha value is -4.72. The highest BCUT2D eigenvalue weighted by Gasteiger charge is 2.32. The van der Waals surface area contributed by atoms with Crippen molar-refractivity contribution in [3.05, 3.63) is 145 Å². The highest BCUT2D eigenvalue weighted by Crippen LogP contribution is 2.41. The zero-order chi connectivity index (χ0) is 40.3. The van der Waals surface area contributed by atoms with Gasteiger partial charge in [0.1, 0.15) is 17.2 Å². The quantitative estimate of drug-likeness (QED) is 0.0426. The van der Waals surface area contributed by atoms with Gasteiger partial charge in [0.25, 0.3) is 5.91 Å². The zero-order valence-electron chi connectivity index (χ0n) is 31.8. The molecule has 1 aliphatic rings. The number of hydrogen-bond acceptors (Lipinski definition) is 7. The highest BCUT2D eigenvalue weighted by molar-refractivity contribution is 14.1. The largest absolute Gasteiger partial charge is 0.506 e. The summed E-state index contributed by atoms with van der Waals surface area (Å²) < 4.78 is 8.53. The number of azo groups is 2. The smallest absolute Gasteiger partial charge is 0.258 e. The van der Waals surface area contributed by atoms with Crippen molar-refractivity contribution >= 4 is 111 Å². The second kappa shape index (κ2) is 20.3. The van der Waals surface area contributed by atoms with Crippen LogP contribution >= 0.6 is 54.5 Å². The molecule has 7 rings (SSSR count). The Morgan fingerprint density at radius 2 is 1.26 bits per heavy atom. The van der Waals surface area contributed by atoms with Crippen LogP contribution in [0.4, 0.5) is 28.4 Å². The standard InChI is InChI=1S/C47H42Br2IN5O3/c48-41-29-32(30-42(49)46(41)56)28-40-39-31-34(50)19-24-43(39)55(47(40)57)26-12-5-3-1-2-4-6-13-27-58-44-25-18-33-14-10-11-17-38(33)45(44)54-53-37-22-20-36(21-23-37)52-51-35-15-8-7-9-16-35/h7-11,14-25,28-31,56H,1-6,12-13,26-27H2/b40-28-,52-51+,54-53+. The van der Waals surface area contributed by atoms with Gasteiger partial charge in [0.15, 0.2) is 0 Å². The number of anilines is 1. The fourth-order valence-corrected chi connectivity index (χ4v) is 8.61. The van der Waals surface area contributed by atoms with Crippen LogP contribution in [0.15, 0.2) is 151 Å². The lowest BCUT2D eigenvalue weighted by Gasteiger charge is -2.17. The van der Waals surface area contributed by atoms with Crippen LogP contribution in [0.1, 0.15) is 62.5 Å². The van der Waals surface area contributed by atoms with Crippen LogP contribution in [-0.4, -0.2) is 24.2 Å². The van der Waals surface area contributed by atoms with E-state index in [9.17, 15) is 9.90 Å². The Morgan fingerprint density at radius 1 is 0.655 bits per heavy atom. The third-order valence-electron chi connectivity index (χ3n) is 9.91. The number of halogens is 3. The van der Waals surface area contributed by atoms with Gasteiger partial charge in [-0.1, -0.05) is 87.1 Å². The first-order chi connectivity index (χ1) is 28.3. The van der Waals surface area contributed by atoms with Gasteiger partial charge in [0.05, 0.1) is 38.3 Å². The Morgan fingerprint density at radius 3 is 1.97 bits per heavy atom. The Balaban J connectivity index is 0.846. The van der Waals surface area contributed by atoms with Crippen molar-refractivity contribution in [1.29, 1.82) is 0 Å². The number of benzene rings is 6. The van der Waals surface area contributed by atoms with Gasteiger partial charge < -0.3 is 14.7 Å². The summed E-state index contributed by atoms with van der Waals surface area (Å²) in [7, 11) is 0. The highest BCUT2D eigenvalue weighted by atomic mass is 127. The molecule has 0 bridgehead atoms. The van der Waals surface area contributed by atoms with Gasteiger partial charge >= 0.3 is 0 Å². The van der Waals surface area contributed by atoms with E-state index < -0.39 is 0 Å². The normalized spacial score (nSPS) is 13.4. The van der Waals surface area contributed by atoms with Gasteiger partial charge in [-0.05, 0) is 157 Å². The van der Waals surface area contributed by atoms with Gasteiger partial charge in [-0.2, -0.15) is 15.3 Å². The number of aromatic hydroxyl groups is 1. The van der Waals surface area contributed by atoms with E-state index in [1.54, 1.807) is 0 Å². The third kappa shape index (κ3) is 10.7. The van der Waals surface area contributed by atoms with Crippen molar-refractivity contribution in [1.82, 2.24) is 0 Å². The second-order valence-electron chi connectivity index (χ2n) is 14.1. The van der Waals surface area contributed by atoms with Crippen LogP contribution in [0.3, 0.4) is 0 Å². The summed E-state index contributed by atoms with van der Waals surface area (Å²) in [6.45, 7) is 1.30. The van der Waals surface area contributed by atoms with E-state index in [0.717, 1.165) is 98.2 Å². The molecule has 1 aliphatic heterocycles. The molecule has 6 aromatic carbocycles. The monoisotopic (exact) mass is 1010 g/mol. The second-order valence-corrected chi connectivity index (χ2v) is 17.0. The van der Waals surface area contributed by atoms with Crippen LogP contribution in [0.5, 0.6) is 11.5 Å². The number of ether oxygens (including phenoxy) is 1. The number of rotatable bonds is 17. The molecule has 0 radical (unpaired) electrons. The van der Waals surface area contributed by atoms with Crippen LogP contribution in [0.2, 0.25) is 0 Å². The SMILES string of the molecule is O=C1/C(=C\c2cc(Br)c(O)c(Br)c2)c2cc(I)ccc2N1CCCCCCCCCCOc1ccc2ccccc2c1/N=N/c1ccc(/N=N/c2ccccc2)cc1. The molecule has 0 spiro atoms. The van der Waals surface area contributed by atoms with Crippen LogP contribution < -0.4 is 9.64 Å². The molecule has 0 fully saturated rings. The van der Waals surface area contributed by atoms with Crippen molar-refractivity contribution in [2.45, 2.75) is 51.4 Å². The first kappa shape index (κ1) is 41.4. The molecule has 58 heavy (non-hydrogen) atoms. The van der Waals surface area contributed by atoms with Crippen molar-refractivity contribution in [2.75, 3.05) is 18.1 Å². The maximum atomic E-state index is 13.7. The maximum Gasteiger partial charge on any atom is 0.258 e. The molecule has 294 valence electrons. The molecule has 11 heteroatoms. The van der Waals surface area contributed by atoms with Crippen molar-refractivity contribution < 1.29 is 14.6 Å². The van der Waals surface area contributed by atoms with Crippen LogP contribution in [0.25, 0.3) is 22.4 Å². The van der Waals surface area contributed by atoms with E-state index in [0.29, 0.717) is 27.7 Å². The van der Waals surface area contributed by atoms with Crippen LogP contribution in [-0.2, 0) is 4.79 Å². The number of nitrogens with zero attached hydrogens (tertiary/aromatic N) is 5. The summed E-state index contributed by atoms with van der Waals surface area (Å²) in [5, 5.41) is 30.1. The molecule has 6 aromatic rings. The lowest BCUT2D eigenvalue weighted by atomic mass is 10.0. The summed E-state index contributed by atoms with van der Waals surface area (Å²) in [6, 6.07) is 39.2. The van der Waals surface area contributed by atoms with Gasteiger partial charge in [-0.15, -0.1) is 5.11 Å². The number of carbonyl (C=O) groups excluding carboxylic acids is 1. The summed E-state index contributed by atoms with van der Waals surface area (Å²) in [5.41, 5.74) is 6.41. The topological polar surface area (TPSA) is 99.2 Å². The zero-order valence-corrected chi connectivity index (χ0v) is 37.2. The number of phenolic OH excluding ortho intramolecular Hbond substituents is 1. The fraction of sp³-hybridized carbons (Fsp3) is 0.213. The molecule has 1 N–H and O–H groups in total. The minimum absolute atomic E-state index is 0.0204. The molecule has 0 aliphatic carbocycles.